The average molecular weight is 1520 g/mol. The lowest BCUT2D eigenvalue weighted by atomic mass is 9.94. The van der Waals surface area contributed by atoms with Crippen LogP contribution in [-0.2, 0) is 161 Å². The van der Waals surface area contributed by atoms with E-state index in [0.29, 0.717) is 0 Å². The molecule has 0 bridgehead atoms. The predicted octanol–water partition coefficient (Wildman–Crippen LogP) is -13.7. The van der Waals surface area contributed by atoms with E-state index in [9.17, 15) is 150 Å². The molecule has 0 radical (unpaired) electrons. The molecular weight excluding hydrogens is 1470 g/mol. The number of carboxylic acids is 2. The van der Waals surface area contributed by atoms with Crippen LogP contribution < -0.4 is 14.8 Å². The maximum absolute atomic E-state index is 13.0. The van der Waals surface area contributed by atoms with Gasteiger partial charge in [0.1, 0.15) is 103 Å². The van der Waals surface area contributed by atoms with Crippen molar-refractivity contribution in [2.45, 2.75) is 153 Å². The minimum absolute atomic E-state index is 0.737. The van der Waals surface area contributed by atoms with E-state index in [-0.39, 0.29) is 0 Å². The molecule has 5 aliphatic heterocycles. The number of ether oxygens (including phenoxy) is 10. The Morgan fingerprint density at radius 2 is 0.772 bits per heavy atom. The third-order valence-corrected chi connectivity index (χ3v) is 16.6. The van der Waals surface area contributed by atoms with Crippen LogP contribution in [0.4, 0.5) is 0 Å². The first-order valence-corrected chi connectivity index (χ1v) is 35.3. The Bertz CT molecular complexity index is 3510. The molecule has 5 heterocycles. The normalized spacial score (nSPS) is 38.4. The van der Waals surface area contributed by atoms with E-state index < -0.39 is 274 Å². The molecule has 5 rings (SSSR count). The molecule has 0 aromatic rings. The molecule has 5 saturated heterocycles. The number of methoxy groups -OCH3 is 1. The van der Waals surface area contributed by atoms with Gasteiger partial charge in [0.25, 0.3) is 10.1 Å². The Hall–Kier alpha value is -2.74. The van der Waals surface area contributed by atoms with Gasteiger partial charge in [-0.05, 0) is 0 Å². The number of carboxylic acid groups (broad SMARTS) is 2. The zero-order valence-electron chi connectivity index (χ0n) is 44.7. The first kappa shape index (κ1) is 79.9. The summed E-state index contributed by atoms with van der Waals surface area (Å²) < 4.78 is 345. The Kier molecular flexibility index (Phi) is 26.6. The van der Waals surface area contributed by atoms with Crippen molar-refractivity contribution in [2.75, 3.05) is 32.8 Å². The van der Waals surface area contributed by atoms with Crippen LogP contribution in [0.5, 0.6) is 0 Å². The van der Waals surface area contributed by atoms with Gasteiger partial charge in [0.05, 0.1) is 25.9 Å². The van der Waals surface area contributed by atoms with Gasteiger partial charge in [-0.25, -0.2) is 30.5 Å². The summed E-state index contributed by atoms with van der Waals surface area (Å²) in [6, 6.07) is -7.84. The molecule has 540 valence electrons. The second-order valence-electron chi connectivity index (χ2n) is 19.0. The summed E-state index contributed by atoms with van der Waals surface area (Å²) in [6.07, 6.45) is -62.7. The van der Waals surface area contributed by atoms with Crippen LogP contribution in [0.1, 0.15) is 0 Å². The minimum Gasteiger partial charge on any atom is -0.479 e. The molecule has 0 aromatic heterocycles. The van der Waals surface area contributed by atoms with Crippen LogP contribution in [0.25, 0.3) is 0 Å². The first-order chi connectivity index (χ1) is 41.7. The van der Waals surface area contributed by atoms with Gasteiger partial charge in [-0.15, -0.1) is 0 Å². The van der Waals surface area contributed by atoms with Crippen molar-refractivity contribution >= 4 is 94.7 Å². The maximum Gasteiger partial charge on any atom is 0.397 e. The van der Waals surface area contributed by atoms with Crippen LogP contribution in [0.15, 0.2) is 0 Å². The molecule has 19 N–H and O–H groups in total. The molecular formula is C32H55N3O49S8. The number of rotatable bonds is 31. The number of aliphatic carboxylic acids is 2. The van der Waals surface area contributed by atoms with Crippen molar-refractivity contribution in [3.05, 3.63) is 0 Å². The monoisotopic (exact) mass is 1520 g/mol. The van der Waals surface area contributed by atoms with Crippen LogP contribution >= 0.6 is 0 Å². The van der Waals surface area contributed by atoms with Gasteiger partial charge in [0, 0.05) is 7.11 Å². The minimum atomic E-state index is -6.35. The van der Waals surface area contributed by atoms with Gasteiger partial charge in [-0.1, -0.05) is 0 Å². The predicted molar refractivity (Wildman–Crippen MR) is 267 cm³/mol. The highest BCUT2D eigenvalue weighted by Gasteiger charge is 2.61. The number of nitrogens with one attached hydrogen (secondary N) is 3. The molecule has 92 heavy (non-hydrogen) atoms. The third-order valence-electron chi connectivity index (χ3n) is 12.7. The van der Waals surface area contributed by atoms with Gasteiger partial charge in [-0.2, -0.15) is 76.8 Å². The van der Waals surface area contributed by atoms with E-state index in [1.54, 1.807) is 0 Å². The van der Waals surface area contributed by atoms with E-state index in [1.165, 1.54) is 4.72 Å². The second kappa shape index (κ2) is 30.6. The highest BCUT2D eigenvalue weighted by Crippen LogP contribution is 2.39. The highest BCUT2D eigenvalue weighted by molar-refractivity contribution is 7.85. The van der Waals surface area contributed by atoms with E-state index in [2.05, 4.69) is 20.9 Å². The molecule has 0 aliphatic carbocycles. The summed E-state index contributed by atoms with van der Waals surface area (Å²) in [5.41, 5.74) is 0. The molecule has 0 aromatic carbocycles. The van der Waals surface area contributed by atoms with Crippen molar-refractivity contribution in [1.82, 2.24) is 14.8 Å². The van der Waals surface area contributed by atoms with Crippen LogP contribution in [0.2, 0.25) is 0 Å². The number of hydrogen-bond acceptors (Lipinski definition) is 40. The number of aliphatic hydroxyl groups is 6. The largest absolute Gasteiger partial charge is 0.479 e. The molecule has 0 saturated carbocycles. The van der Waals surface area contributed by atoms with Crippen molar-refractivity contribution in [3.8, 4) is 0 Å². The lowest BCUT2D eigenvalue weighted by Crippen LogP contribution is -2.71. The van der Waals surface area contributed by atoms with E-state index in [4.69, 9.17) is 51.9 Å². The summed E-state index contributed by atoms with van der Waals surface area (Å²) in [5.74, 6) is -6.46. The topological polar surface area (TPSA) is 805 Å². The molecule has 0 spiro atoms. The summed E-state index contributed by atoms with van der Waals surface area (Å²) >= 11 is 0. The molecule has 5 aliphatic rings. The summed E-state index contributed by atoms with van der Waals surface area (Å²) in [6.45, 7) is -5.00. The van der Waals surface area contributed by atoms with Crippen LogP contribution in [0, 0.1) is 0 Å². The van der Waals surface area contributed by atoms with Crippen LogP contribution in [-0.4, -0.2) is 343 Å². The van der Waals surface area contributed by atoms with Gasteiger partial charge in [0.15, 0.2) is 49.8 Å². The van der Waals surface area contributed by atoms with Crippen LogP contribution in [0.3, 0.4) is 0 Å². The molecule has 52 nitrogen and oxygen atoms in total. The summed E-state index contributed by atoms with van der Waals surface area (Å²) in [4.78, 5) is 25.9. The maximum atomic E-state index is 13.0. The SMILES string of the molecule is CO[C@H]1O[C@H](COS(=O)(=O)O)[C@@H](O[C@@H]2O[C@@H](C(=O)O)[C@@H](O[C@H]3O[C@H](COS(=O)(=O)O)[C@H](O[C@@H]4O[C@H](C(=O)O)[C@@H](O[C@H]5O[C@H](COS(=O)(=O)O)[C@@H](O)[C@H](O)[C@H]5NCS(=O)(=O)O)[C@H](O)[C@H]4O)[C@H](OS(=O)(=O)O)[C@H]3NS(=O)(=O)O)[C@H](O)[C@H]2OS(=O)(=O)O)[C@H](O)[C@H]1NS(=O)(=O)O. The van der Waals surface area contributed by atoms with Crippen molar-refractivity contribution < 1.29 is 222 Å². The Morgan fingerprint density at radius 1 is 0.380 bits per heavy atom. The molecule has 0 unspecified atom stereocenters. The quantitative estimate of drug-likeness (QED) is 0.0287. The smallest absolute Gasteiger partial charge is 0.397 e. The fraction of sp³-hybridized carbons (Fsp3) is 0.938. The fourth-order valence-corrected chi connectivity index (χ4v) is 12.6. The average Bonchev–Trinajstić information content (AvgIpc) is 0.765. The Balaban J connectivity index is 1.60. The standard InChI is InChI=1S/C32H55N3O49S8/c1-70-28-10(34-86(49,50)51)14(38)18(7(75-28)3-72-89(58,59)60)77-32-23(84-92(67,68)69)17(41)22(25(82-32)27(44)45)80-30-11(35-87(52,53)54)20(83-91(64,65)66)19(8(76-30)4-73-90(61,62)63)78-31-16(40)15(39)21(24(81-31)26(42)43)79-29-9(33-5-85(46,47)48)13(37)12(36)6(74-29)2-71-88(55,56)57/h6-25,28-41H,2-5H2,1H3,(H,42,43)(H,44,45)(H,46,47,48)(H,49,50,51)(H,52,53,54)(H,55,56,57)(H,58,59,60)(H,61,62,63)(H,64,65,66)(H,67,68,69)/t6-,7-,8-,9-,10-,11-,12-,13-,14-,15-,16-,17+,18-,19+,20-,21+,22+,23-,24+,25-,28+,29-,30-,31-,32-/m1/s1. The third kappa shape index (κ3) is 23.2. The van der Waals surface area contributed by atoms with Gasteiger partial charge in [0.2, 0.25) is 0 Å². The number of hydrogen-bond donors (Lipinski definition) is 19. The summed E-state index contributed by atoms with van der Waals surface area (Å²) in [5, 5.41) is 90.1. The number of aliphatic hydroxyl groups excluding tert-OH is 6. The second-order valence-corrected chi connectivity index (χ2v) is 28.2. The fourth-order valence-electron chi connectivity index (χ4n) is 9.10. The van der Waals surface area contributed by atoms with Gasteiger partial charge < -0.3 is 88.2 Å². The van der Waals surface area contributed by atoms with Crippen molar-refractivity contribution in [3.63, 3.8) is 0 Å². The lowest BCUT2D eigenvalue weighted by Gasteiger charge is -2.50. The molecule has 5 fully saturated rings. The van der Waals surface area contributed by atoms with E-state index in [1.807, 2.05) is 5.32 Å². The zero-order valence-corrected chi connectivity index (χ0v) is 51.2. The Morgan fingerprint density at radius 3 is 1.22 bits per heavy atom. The first-order valence-electron chi connectivity index (χ1n) is 24.0. The highest BCUT2D eigenvalue weighted by atomic mass is 32.3. The van der Waals surface area contributed by atoms with Crippen molar-refractivity contribution in [2.24, 2.45) is 0 Å². The Labute approximate surface area is 515 Å². The number of carbonyl (C=O) groups is 2. The molecule has 0 amide bonds. The summed E-state index contributed by atoms with van der Waals surface area (Å²) in [7, 11) is -45.4. The lowest BCUT2D eigenvalue weighted by molar-refractivity contribution is -0.373. The van der Waals surface area contributed by atoms with Gasteiger partial charge >= 0.3 is 84.5 Å². The molecule has 60 heteroatoms. The zero-order chi connectivity index (χ0) is 70.1. The van der Waals surface area contributed by atoms with Crippen molar-refractivity contribution in [1.29, 1.82) is 0 Å². The molecule has 25 atom stereocenters. The van der Waals surface area contributed by atoms with E-state index >= 15 is 0 Å². The van der Waals surface area contributed by atoms with E-state index in [0.717, 1.165) is 11.8 Å². The van der Waals surface area contributed by atoms with Gasteiger partial charge in [-0.3, -0.25) is 41.7 Å².